The molecule has 0 aliphatic carbocycles. The quantitative estimate of drug-likeness (QED) is 0.793. The molecule has 0 radical (unpaired) electrons. The number of nitrogens with zero attached hydrogens (tertiary/aromatic N) is 1. The topological polar surface area (TPSA) is 66.6 Å². The lowest BCUT2D eigenvalue weighted by Crippen LogP contribution is -2.17. The standard InChI is InChI=1S/C13H20N2O2/c1-15(2)12-8-4-3-6-10(12)11(14)7-5-9-13(16)17/h3-4,6,8,11H,5,7,9,14H2,1-2H3,(H,16,17)/t11-/m1/s1. The number of nitrogens with two attached hydrogens (primary N) is 1. The SMILES string of the molecule is CN(C)c1ccccc1[C@H](N)CCCC(=O)O. The summed E-state index contributed by atoms with van der Waals surface area (Å²) >= 11 is 0. The van der Waals surface area contributed by atoms with Crippen LogP contribution in [0.3, 0.4) is 0 Å². The molecule has 0 aliphatic rings. The molecule has 0 bridgehead atoms. The molecule has 4 nitrogen and oxygen atoms in total. The third-order valence-corrected chi connectivity index (χ3v) is 2.72. The van der Waals surface area contributed by atoms with Gasteiger partial charge in [-0.05, 0) is 24.5 Å². The number of benzene rings is 1. The molecule has 1 aromatic carbocycles. The van der Waals surface area contributed by atoms with Gasteiger partial charge in [-0.2, -0.15) is 0 Å². The lowest BCUT2D eigenvalue weighted by Gasteiger charge is -2.21. The van der Waals surface area contributed by atoms with Crippen molar-refractivity contribution in [2.45, 2.75) is 25.3 Å². The van der Waals surface area contributed by atoms with Crippen LogP contribution >= 0.6 is 0 Å². The van der Waals surface area contributed by atoms with Crippen molar-refractivity contribution in [1.82, 2.24) is 0 Å². The summed E-state index contributed by atoms with van der Waals surface area (Å²) in [6, 6.07) is 7.85. The Hall–Kier alpha value is -1.55. The van der Waals surface area contributed by atoms with E-state index in [1.807, 2.05) is 43.3 Å². The summed E-state index contributed by atoms with van der Waals surface area (Å²) < 4.78 is 0. The third kappa shape index (κ3) is 4.07. The average molecular weight is 236 g/mol. The number of carbonyl (C=O) groups is 1. The highest BCUT2D eigenvalue weighted by atomic mass is 16.4. The maximum Gasteiger partial charge on any atom is 0.303 e. The number of aliphatic carboxylic acids is 1. The molecule has 1 rings (SSSR count). The van der Waals surface area contributed by atoms with Crippen molar-refractivity contribution in [3.8, 4) is 0 Å². The van der Waals surface area contributed by atoms with Crippen LogP contribution < -0.4 is 10.6 Å². The van der Waals surface area contributed by atoms with Crippen LogP contribution in [0.2, 0.25) is 0 Å². The van der Waals surface area contributed by atoms with Crippen molar-refractivity contribution in [2.24, 2.45) is 5.73 Å². The molecule has 0 aromatic heterocycles. The van der Waals surface area contributed by atoms with E-state index in [-0.39, 0.29) is 12.5 Å². The van der Waals surface area contributed by atoms with Crippen molar-refractivity contribution < 1.29 is 9.90 Å². The second-order valence-electron chi connectivity index (χ2n) is 4.35. The van der Waals surface area contributed by atoms with E-state index in [9.17, 15) is 4.79 Å². The van der Waals surface area contributed by atoms with Crippen molar-refractivity contribution in [1.29, 1.82) is 0 Å². The van der Waals surface area contributed by atoms with Crippen LogP contribution in [0.4, 0.5) is 5.69 Å². The Morgan fingerprint density at radius 3 is 2.65 bits per heavy atom. The van der Waals surface area contributed by atoms with Gasteiger partial charge in [0.1, 0.15) is 0 Å². The minimum Gasteiger partial charge on any atom is -0.481 e. The Bertz CT molecular complexity index is 377. The second kappa shape index (κ2) is 6.25. The second-order valence-corrected chi connectivity index (χ2v) is 4.35. The van der Waals surface area contributed by atoms with Gasteiger partial charge in [0, 0.05) is 32.2 Å². The number of rotatable bonds is 6. The van der Waals surface area contributed by atoms with Crippen molar-refractivity contribution in [2.75, 3.05) is 19.0 Å². The number of carboxylic acid groups (broad SMARTS) is 1. The van der Waals surface area contributed by atoms with Gasteiger partial charge in [-0.25, -0.2) is 0 Å². The van der Waals surface area contributed by atoms with Gasteiger partial charge in [0.15, 0.2) is 0 Å². The molecule has 0 amide bonds. The fourth-order valence-electron chi connectivity index (χ4n) is 1.84. The highest BCUT2D eigenvalue weighted by molar-refractivity contribution is 5.66. The van der Waals surface area contributed by atoms with Crippen molar-refractivity contribution in [3.63, 3.8) is 0 Å². The molecule has 1 atom stereocenters. The first-order valence-corrected chi connectivity index (χ1v) is 5.76. The van der Waals surface area contributed by atoms with Gasteiger partial charge in [-0.1, -0.05) is 18.2 Å². The van der Waals surface area contributed by atoms with Crippen LogP contribution in [0.15, 0.2) is 24.3 Å². The summed E-state index contributed by atoms with van der Waals surface area (Å²) in [5, 5.41) is 8.59. The molecule has 1 aromatic rings. The normalized spacial score (nSPS) is 12.2. The van der Waals surface area contributed by atoms with Gasteiger partial charge < -0.3 is 15.7 Å². The maximum atomic E-state index is 10.4. The summed E-state index contributed by atoms with van der Waals surface area (Å²) in [6.45, 7) is 0. The fraction of sp³-hybridized carbons (Fsp3) is 0.462. The van der Waals surface area contributed by atoms with Crippen molar-refractivity contribution >= 4 is 11.7 Å². The van der Waals surface area contributed by atoms with E-state index < -0.39 is 5.97 Å². The highest BCUT2D eigenvalue weighted by Gasteiger charge is 2.12. The number of para-hydroxylation sites is 1. The predicted octanol–water partition coefficient (Wildman–Crippen LogP) is 2.01. The Morgan fingerprint density at radius 1 is 1.41 bits per heavy atom. The summed E-state index contributed by atoms with van der Waals surface area (Å²) in [4.78, 5) is 12.5. The fourth-order valence-corrected chi connectivity index (χ4v) is 1.84. The lowest BCUT2D eigenvalue weighted by molar-refractivity contribution is -0.137. The minimum absolute atomic E-state index is 0.104. The van der Waals surface area contributed by atoms with Gasteiger partial charge in [-0.3, -0.25) is 4.79 Å². The molecule has 0 saturated carbocycles. The van der Waals surface area contributed by atoms with Gasteiger partial charge in [0.2, 0.25) is 0 Å². The van der Waals surface area contributed by atoms with Crippen LogP contribution in [-0.4, -0.2) is 25.2 Å². The molecule has 94 valence electrons. The van der Waals surface area contributed by atoms with E-state index in [1.54, 1.807) is 0 Å². The zero-order valence-corrected chi connectivity index (χ0v) is 10.4. The largest absolute Gasteiger partial charge is 0.481 e. The van der Waals surface area contributed by atoms with Gasteiger partial charge in [0.05, 0.1) is 0 Å². The Labute approximate surface area is 102 Å². The van der Waals surface area contributed by atoms with Crippen LogP contribution in [0.1, 0.15) is 30.9 Å². The molecule has 0 aliphatic heterocycles. The average Bonchev–Trinajstić information content (AvgIpc) is 2.28. The summed E-state index contributed by atoms with van der Waals surface area (Å²) in [7, 11) is 3.95. The van der Waals surface area contributed by atoms with Crippen LogP contribution in [0.25, 0.3) is 0 Å². The number of anilines is 1. The minimum atomic E-state index is -0.766. The monoisotopic (exact) mass is 236 g/mol. The summed E-state index contributed by atoms with van der Waals surface area (Å²) in [6.07, 6.45) is 1.48. The predicted molar refractivity (Wildman–Crippen MR) is 69.2 cm³/mol. The molecule has 0 spiro atoms. The van der Waals surface area contributed by atoms with E-state index in [4.69, 9.17) is 10.8 Å². The first kappa shape index (κ1) is 13.5. The number of hydrogen-bond acceptors (Lipinski definition) is 3. The zero-order chi connectivity index (χ0) is 12.8. The van der Waals surface area contributed by atoms with Gasteiger partial charge >= 0.3 is 5.97 Å². The summed E-state index contributed by atoms with van der Waals surface area (Å²) in [5.74, 6) is -0.766. The Balaban J connectivity index is 2.68. The molecule has 17 heavy (non-hydrogen) atoms. The molecule has 0 saturated heterocycles. The van der Waals surface area contributed by atoms with Crippen LogP contribution in [-0.2, 0) is 4.79 Å². The van der Waals surface area contributed by atoms with E-state index in [1.165, 1.54) is 0 Å². The summed E-state index contributed by atoms with van der Waals surface area (Å²) in [5.41, 5.74) is 8.27. The zero-order valence-electron chi connectivity index (χ0n) is 10.4. The van der Waals surface area contributed by atoms with Crippen LogP contribution in [0, 0.1) is 0 Å². The molecule has 0 heterocycles. The Morgan fingerprint density at radius 2 is 2.06 bits per heavy atom. The van der Waals surface area contributed by atoms with Gasteiger partial charge in [0.25, 0.3) is 0 Å². The Kier molecular flexibility index (Phi) is 4.97. The van der Waals surface area contributed by atoms with E-state index in [0.717, 1.165) is 11.3 Å². The van der Waals surface area contributed by atoms with Crippen molar-refractivity contribution in [3.05, 3.63) is 29.8 Å². The highest BCUT2D eigenvalue weighted by Crippen LogP contribution is 2.26. The molecule has 0 fully saturated rings. The number of hydrogen-bond donors (Lipinski definition) is 2. The van der Waals surface area contributed by atoms with E-state index >= 15 is 0 Å². The maximum absolute atomic E-state index is 10.4. The van der Waals surface area contributed by atoms with E-state index in [2.05, 4.69) is 0 Å². The first-order valence-electron chi connectivity index (χ1n) is 5.76. The number of carboxylic acids is 1. The molecular weight excluding hydrogens is 216 g/mol. The molecule has 0 unspecified atom stereocenters. The van der Waals surface area contributed by atoms with Crippen LogP contribution in [0.5, 0.6) is 0 Å². The third-order valence-electron chi connectivity index (χ3n) is 2.72. The van der Waals surface area contributed by atoms with E-state index in [0.29, 0.717) is 12.8 Å². The molecular formula is C13H20N2O2. The molecule has 3 N–H and O–H groups in total. The van der Waals surface area contributed by atoms with Gasteiger partial charge in [-0.15, -0.1) is 0 Å². The lowest BCUT2D eigenvalue weighted by atomic mass is 10.00. The smallest absolute Gasteiger partial charge is 0.303 e. The first-order chi connectivity index (χ1) is 8.02. The molecule has 4 heteroatoms.